The predicted octanol–water partition coefficient (Wildman–Crippen LogP) is 3.56. The first-order valence-corrected chi connectivity index (χ1v) is 8.22. The van der Waals surface area contributed by atoms with Crippen LogP contribution in [0.25, 0.3) is 0 Å². The van der Waals surface area contributed by atoms with Crippen molar-refractivity contribution in [3.8, 4) is 11.5 Å². The van der Waals surface area contributed by atoms with Crippen LogP contribution in [-0.4, -0.2) is 26.2 Å². The minimum atomic E-state index is -0.176. The van der Waals surface area contributed by atoms with Gasteiger partial charge < -0.3 is 19.5 Å². The van der Waals surface area contributed by atoms with Crippen molar-refractivity contribution in [1.82, 2.24) is 5.32 Å². The van der Waals surface area contributed by atoms with E-state index in [1.165, 1.54) is 0 Å². The van der Waals surface area contributed by atoms with Crippen molar-refractivity contribution in [3.63, 3.8) is 0 Å². The molecule has 0 fully saturated rings. The van der Waals surface area contributed by atoms with Crippen LogP contribution in [0.15, 0.2) is 42.5 Å². The number of benzene rings is 2. The number of amides is 1. The summed E-state index contributed by atoms with van der Waals surface area (Å²) in [5, 5.41) is 2.91. The second kappa shape index (κ2) is 9.08. The van der Waals surface area contributed by atoms with Gasteiger partial charge in [0.2, 0.25) is 0 Å². The van der Waals surface area contributed by atoms with E-state index >= 15 is 0 Å². The summed E-state index contributed by atoms with van der Waals surface area (Å²) in [4.78, 5) is 12.4. The normalized spacial score (nSPS) is 10.6. The van der Waals surface area contributed by atoms with E-state index in [0.717, 1.165) is 11.1 Å². The first-order valence-electron chi connectivity index (χ1n) is 8.22. The zero-order valence-corrected chi connectivity index (χ0v) is 15.2. The molecule has 2 aromatic rings. The van der Waals surface area contributed by atoms with Gasteiger partial charge in [-0.1, -0.05) is 24.3 Å². The Hall–Kier alpha value is -2.53. The molecule has 5 nitrogen and oxygen atoms in total. The van der Waals surface area contributed by atoms with Crippen molar-refractivity contribution >= 4 is 5.91 Å². The van der Waals surface area contributed by atoms with Crippen molar-refractivity contribution in [3.05, 3.63) is 59.2 Å². The zero-order valence-electron chi connectivity index (χ0n) is 15.2. The third-order valence-corrected chi connectivity index (χ3v) is 3.67. The van der Waals surface area contributed by atoms with Gasteiger partial charge in [0.05, 0.1) is 26.9 Å². The van der Waals surface area contributed by atoms with Crippen LogP contribution in [0.4, 0.5) is 0 Å². The number of nitrogens with one attached hydrogen (secondary N) is 1. The monoisotopic (exact) mass is 343 g/mol. The maximum Gasteiger partial charge on any atom is 0.251 e. The Labute approximate surface area is 148 Å². The van der Waals surface area contributed by atoms with E-state index in [1.807, 2.05) is 38.1 Å². The van der Waals surface area contributed by atoms with E-state index in [1.54, 1.807) is 32.4 Å². The van der Waals surface area contributed by atoms with E-state index in [4.69, 9.17) is 14.2 Å². The van der Waals surface area contributed by atoms with E-state index in [2.05, 4.69) is 5.32 Å². The molecule has 25 heavy (non-hydrogen) atoms. The molecule has 0 aliphatic carbocycles. The molecule has 0 saturated heterocycles. The number of hydrogen-bond donors (Lipinski definition) is 1. The highest BCUT2D eigenvalue weighted by Crippen LogP contribution is 2.22. The van der Waals surface area contributed by atoms with Crippen LogP contribution < -0.4 is 14.8 Å². The molecular formula is C20H25NO4. The maximum absolute atomic E-state index is 12.4. The van der Waals surface area contributed by atoms with Gasteiger partial charge in [-0.05, 0) is 37.1 Å². The SMILES string of the molecule is COc1cc(OC)cc(C(=O)NCc2ccc(COC(C)C)cc2)c1. The van der Waals surface area contributed by atoms with Crippen molar-refractivity contribution in [2.24, 2.45) is 0 Å². The minimum absolute atomic E-state index is 0.176. The van der Waals surface area contributed by atoms with E-state index < -0.39 is 0 Å². The Morgan fingerprint density at radius 2 is 1.52 bits per heavy atom. The third-order valence-electron chi connectivity index (χ3n) is 3.67. The lowest BCUT2D eigenvalue weighted by Gasteiger charge is -2.10. The number of rotatable bonds is 8. The van der Waals surface area contributed by atoms with Crippen molar-refractivity contribution < 1.29 is 19.0 Å². The summed E-state index contributed by atoms with van der Waals surface area (Å²) in [6.45, 7) is 5.06. The standard InChI is InChI=1S/C20H25NO4/c1-14(2)25-13-16-7-5-15(6-8-16)12-21-20(22)17-9-18(23-3)11-19(10-17)24-4/h5-11,14H,12-13H2,1-4H3,(H,21,22). The summed E-state index contributed by atoms with van der Waals surface area (Å²) in [6, 6.07) is 13.1. The van der Waals surface area contributed by atoms with Gasteiger partial charge in [0.1, 0.15) is 11.5 Å². The Morgan fingerprint density at radius 3 is 2.04 bits per heavy atom. The third kappa shape index (κ3) is 5.80. The highest BCUT2D eigenvalue weighted by Gasteiger charge is 2.09. The number of methoxy groups -OCH3 is 2. The topological polar surface area (TPSA) is 56.8 Å². The number of hydrogen-bond acceptors (Lipinski definition) is 4. The summed E-state index contributed by atoms with van der Waals surface area (Å²) < 4.78 is 16.0. The highest BCUT2D eigenvalue weighted by molar-refractivity contribution is 5.95. The van der Waals surface area contributed by atoms with Crippen LogP contribution in [-0.2, 0) is 17.9 Å². The minimum Gasteiger partial charge on any atom is -0.497 e. The fourth-order valence-corrected chi connectivity index (χ4v) is 2.24. The molecule has 2 aromatic carbocycles. The van der Waals surface area contributed by atoms with Gasteiger partial charge >= 0.3 is 0 Å². The van der Waals surface area contributed by atoms with Crippen molar-refractivity contribution in [2.45, 2.75) is 33.1 Å². The quantitative estimate of drug-likeness (QED) is 0.796. The van der Waals surface area contributed by atoms with Gasteiger partial charge in [-0.15, -0.1) is 0 Å². The van der Waals surface area contributed by atoms with Crippen LogP contribution in [0.2, 0.25) is 0 Å². The molecule has 0 aliphatic heterocycles. The molecule has 0 atom stereocenters. The van der Waals surface area contributed by atoms with E-state index in [-0.39, 0.29) is 12.0 Å². The highest BCUT2D eigenvalue weighted by atomic mass is 16.5. The first-order chi connectivity index (χ1) is 12.0. The van der Waals surface area contributed by atoms with Gasteiger partial charge in [0.25, 0.3) is 5.91 Å². The summed E-state index contributed by atoms with van der Waals surface area (Å²) in [5.41, 5.74) is 2.64. The molecule has 0 heterocycles. The lowest BCUT2D eigenvalue weighted by molar-refractivity contribution is 0.0657. The predicted molar refractivity (Wildman–Crippen MR) is 97.1 cm³/mol. The fourth-order valence-electron chi connectivity index (χ4n) is 2.24. The van der Waals surface area contributed by atoms with Gasteiger partial charge in [-0.2, -0.15) is 0 Å². The molecule has 1 N–H and O–H groups in total. The second-order valence-electron chi connectivity index (χ2n) is 5.96. The molecule has 0 unspecified atom stereocenters. The molecule has 1 amide bonds. The fraction of sp³-hybridized carbons (Fsp3) is 0.350. The number of carbonyl (C=O) groups excluding carboxylic acids is 1. The molecule has 2 rings (SSSR count). The van der Waals surface area contributed by atoms with Crippen LogP contribution in [0.3, 0.4) is 0 Å². The molecule has 0 spiro atoms. The summed E-state index contributed by atoms with van der Waals surface area (Å²) in [5.74, 6) is 0.988. The molecule has 0 bridgehead atoms. The lowest BCUT2D eigenvalue weighted by atomic mass is 10.1. The largest absolute Gasteiger partial charge is 0.497 e. The molecule has 5 heteroatoms. The Balaban J connectivity index is 1.95. The molecule has 0 aromatic heterocycles. The summed E-state index contributed by atoms with van der Waals surface area (Å²) in [7, 11) is 3.11. The number of carbonyl (C=O) groups is 1. The molecule has 0 radical (unpaired) electrons. The Morgan fingerprint density at radius 1 is 0.960 bits per heavy atom. The van der Waals surface area contributed by atoms with Crippen molar-refractivity contribution in [2.75, 3.05) is 14.2 Å². The van der Waals surface area contributed by atoms with Gasteiger partial charge in [-0.3, -0.25) is 4.79 Å². The maximum atomic E-state index is 12.4. The van der Waals surface area contributed by atoms with E-state index in [0.29, 0.717) is 30.2 Å². The van der Waals surface area contributed by atoms with Crippen molar-refractivity contribution in [1.29, 1.82) is 0 Å². The molecule has 0 aliphatic rings. The first kappa shape index (κ1) is 18.8. The molecule has 134 valence electrons. The van der Waals surface area contributed by atoms with Crippen LogP contribution in [0.1, 0.15) is 35.3 Å². The average Bonchev–Trinajstić information content (AvgIpc) is 2.64. The molecular weight excluding hydrogens is 318 g/mol. The van der Waals surface area contributed by atoms with Gasteiger partial charge in [0, 0.05) is 18.2 Å². The zero-order chi connectivity index (χ0) is 18.2. The van der Waals surface area contributed by atoms with E-state index in [9.17, 15) is 4.79 Å². The van der Waals surface area contributed by atoms with Gasteiger partial charge in [0.15, 0.2) is 0 Å². The Bertz CT molecular complexity index is 673. The summed E-state index contributed by atoms with van der Waals surface area (Å²) >= 11 is 0. The lowest BCUT2D eigenvalue weighted by Crippen LogP contribution is -2.22. The Kier molecular flexibility index (Phi) is 6.83. The molecule has 0 saturated carbocycles. The smallest absolute Gasteiger partial charge is 0.251 e. The summed E-state index contributed by atoms with van der Waals surface area (Å²) in [6.07, 6.45) is 0.207. The average molecular weight is 343 g/mol. The number of ether oxygens (including phenoxy) is 3. The van der Waals surface area contributed by atoms with Crippen LogP contribution >= 0.6 is 0 Å². The second-order valence-corrected chi connectivity index (χ2v) is 5.96. The van der Waals surface area contributed by atoms with Crippen LogP contribution in [0.5, 0.6) is 11.5 Å². The van der Waals surface area contributed by atoms with Crippen LogP contribution in [0, 0.1) is 0 Å². The van der Waals surface area contributed by atoms with Gasteiger partial charge in [-0.25, -0.2) is 0 Å².